The quantitative estimate of drug-likeness (QED) is 0.909. The van der Waals surface area contributed by atoms with Crippen molar-refractivity contribution in [1.29, 1.82) is 0 Å². The van der Waals surface area contributed by atoms with Gasteiger partial charge in [0.2, 0.25) is 0 Å². The summed E-state index contributed by atoms with van der Waals surface area (Å²) in [7, 11) is 0. The molecule has 0 atom stereocenters. The molecule has 2 aromatic rings. The van der Waals surface area contributed by atoms with Gasteiger partial charge in [-0.15, -0.1) is 11.3 Å². The molecule has 1 aromatic heterocycles. The van der Waals surface area contributed by atoms with Gasteiger partial charge in [-0.25, -0.2) is 4.98 Å². The van der Waals surface area contributed by atoms with Crippen molar-refractivity contribution in [1.82, 2.24) is 4.98 Å². The van der Waals surface area contributed by atoms with Gasteiger partial charge < -0.3 is 5.32 Å². The molecule has 0 aliphatic heterocycles. The summed E-state index contributed by atoms with van der Waals surface area (Å²) >= 11 is 1.52. The third-order valence-electron chi connectivity index (χ3n) is 3.99. The van der Waals surface area contributed by atoms with Gasteiger partial charge in [-0.3, -0.25) is 4.79 Å². The van der Waals surface area contributed by atoms with Gasteiger partial charge in [0, 0.05) is 12.1 Å². The van der Waals surface area contributed by atoms with Crippen molar-refractivity contribution in [2.45, 2.75) is 46.5 Å². The summed E-state index contributed by atoms with van der Waals surface area (Å²) in [6, 6.07) is 6.26. The average molecular weight is 314 g/mol. The number of hydrogen-bond donors (Lipinski definition) is 1. The van der Waals surface area contributed by atoms with Crippen LogP contribution in [-0.4, -0.2) is 10.9 Å². The van der Waals surface area contributed by atoms with Crippen molar-refractivity contribution in [3.8, 4) is 0 Å². The van der Waals surface area contributed by atoms with Crippen LogP contribution in [0.3, 0.4) is 0 Å². The van der Waals surface area contributed by atoms with Gasteiger partial charge in [0.15, 0.2) is 0 Å². The van der Waals surface area contributed by atoms with Crippen LogP contribution in [0, 0.1) is 12.8 Å². The van der Waals surface area contributed by atoms with E-state index >= 15 is 0 Å². The molecule has 4 heteroatoms. The number of nitrogens with one attached hydrogen (secondary N) is 1. The van der Waals surface area contributed by atoms with E-state index in [1.807, 2.05) is 13.0 Å². The first-order chi connectivity index (χ1) is 10.5. The largest absolute Gasteiger partial charge is 0.321 e. The second kappa shape index (κ2) is 6.21. The number of nitrogens with zero attached hydrogens (tertiary/aromatic N) is 1. The van der Waals surface area contributed by atoms with Gasteiger partial charge in [0.1, 0.15) is 4.88 Å². The molecule has 1 N–H and O–H groups in total. The molecule has 0 saturated carbocycles. The van der Waals surface area contributed by atoms with E-state index in [2.05, 4.69) is 36.3 Å². The van der Waals surface area contributed by atoms with Crippen LogP contribution in [-0.2, 0) is 19.3 Å². The standard InChI is InChI=1S/C18H22N2OS/c1-11(2)9-16-19-12(3)17(22-16)18(21)20-15-8-7-13-5-4-6-14(13)10-15/h7-8,10-11H,4-6,9H2,1-3H3,(H,20,21). The second-order valence-corrected chi connectivity index (χ2v) is 7.49. The fourth-order valence-electron chi connectivity index (χ4n) is 2.94. The van der Waals surface area contributed by atoms with Crippen molar-refractivity contribution >= 4 is 22.9 Å². The Hall–Kier alpha value is -1.68. The van der Waals surface area contributed by atoms with Crippen molar-refractivity contribution in [2.75, 3.05) is 5.32 Å². The van der Waals surface area contributed by atoms with E-state index in [0.29, 0.717) is 5.92 Å². The number of fused-ring (bicyclic) bond motifs is 1. The zero-order valence-electron chi connectivity index (χ0n) is 13.4. The highest BCUT2D eigenvalue weighted by Gasteiger charge is 2.17. The maximum absolute atomic E-state index is 12.5. The number of rotatable bonds is 4. The smallest absolute Gasteiger partial charge is 0.267 e. The first-order valence-electron chi connectivity index (χ1n) is 7.92. The van der Waals surface area contributed by atoms with Crippen LogP contribution in [0.15, 0.2) is 18.2 Å². The van der Waals surface area contributed by atoms with Crippen LogP contribution < -0.4 is 5.32 Å². The van der Waals surface area contributed by atoms with Gasteiger partial charge in [-0.05, 0) is 55.4 Å². The monoisotopic (exact) mass is 314 g/mol. The van der Waals surface area contributed by atoms with Crippen molar-refractivity contribution in [3.05, 3.63) is 44.9 Å². The van der Waals surface area contributed by atoms with Crippen molar-refractivity contribution in [3.63, 3.8) is 0 Å². The summed E-state index contributed by atoms with van der Waals surface area (Å²) in [6.45, 7) is 6.25. The summed E-state index contributed by atoms with van der Waals surface area (Å²) < 4.78 is 0. The lowest BCUT2D eigenvalue weighted by atomic mass is 10.1. The zero-order valence-corrected chi connectivity index (χ0v) is 14.2. The molecule has 3 rings (SSSR count). The third kappa shape index (κ3) is 3.22. The highest BCUT2D eigenvalue weighted by atomic mass is 32.1. The minimum absolute atomic E-state index is 0.0389. The van der Waals surface area contributed by atoms with E-state index in [0.717, 1.165) is 40.5 Å². The summed E-state index contributed by atoms with van der Waals surface area (Å²) in [4.78, 5) is 17.8. The Morgan fingerprint density at radius 3 is 2.86 bits per heavy atom. The minimum atomic E-state index is -0.0389. The Morgan fingerprint density at radius 2 is 2.09 bits per heavy atom. The Bertz CT molecular complexity index is 703. The Balaban J connectivity index is 1.75. The highest BCUT2D eigenvalue weighted by Crippen LogP contribution is 2.26. The lowest BCUT2D eigenvalue weighted by molar-refractivity contribution is 0.103. The summed E-state index contributed by atoms with van der Waals surface area (Å²) in [6.07, 6.45) is 4.43. The molecule has 0 spiro atoms. The fraction of sp³-hybridized carbons (Fsp3) is 0.444. The Kier molecular flexibility index (Phi) is 4.30. The Labute approximate surface area is 135 Å². The number of amides is 1. The molecule has 0 radical (unpaired) electrons. The molecule has 1 aliphatic carbocycles. The topological polar surface area (TPSA) is 42.0 Å². The Morgan fingerprint density at radius 1 is 1.32 bits per heavy atom. The van der Waals surface area contributed by atoms with E-state index in [1.54, 1.807) is 0 Å². The molecule has 1 amide bonds. The van der Waals surface area contributed by atoms with Crippen LogP contribution >= 0.6 is 11.3 Å². The zero-order chi connectivity index (χ0) is 15.7. The predicted octanol–water partition coefficient (Wildman–Crippen LogP) is 4.39. The van der Waals surface area contributed by atoms with Crippen LogP contribution in [0.1, 0.15) is 51.8 Å². The van der Waals surface area contributed by atoms with Crippen LogP contribution in [0.4, 0.5) is 5.69 Å². The number of aryl methyl sites for hydroxylation is 3. The molecule has 0 unspecified atom stereocenters. The molecule has 0 fully saturated rings. The highest BCUT2D eigenvalue weighted by molar-refractivity contribution is 7.13. The lowest BCUT2D eigenvalue weighted by Gasteiger charge is -2.06. The van der Waals surface area contributed by atoms with E-state index in [9.17, 15) is 4.79 Å². The maximum atomic E-state index is 12.5. The molecular weight excluding hydrogens is 292 g/mol. The third-order valence-corrected chi connectivity index (χ3v) is 5.16. The van der Waals surface area contributed by atoms with Gasteiger partial charge in [0.05, 0.1) is 10.7 Å². The number of aromatic nitrogens is 1. The first kappa shape index (κ1) is 15.2. The van der Waals surface area contributed by atoms with Gasteiger partial charge in [0.25, 0.3) is 5.91 Å². The van der Waals surface area contributed by atoms with E-state index in [1.165, 1.54) is 28.9 Å². The fourth-order valence-corrected chi connectivity index (χ4v) is 4.11. The van der Waals surface area contributed by atoms with Crippen LogP contribution in [0.5, 0.6) is 0 Å². The predicted molar refractivity (Wildman–Crippen MR) is 91.8 cm³/mol. The number of hydrogen-bond acceptors (Lipinski definition) is 3. The SMILES string of the molecule is Cc1nc(CC(C)C)sc1C(=O)Nc1ccc2c(c1)CCC2. The van der Waals surface area contributed by atoms with E-state index < -0.39 is 0 Å². The number of thiazole rings is 1. The summed E-state index contributed by atoms with van der Waals surface area (Å²) in [5, 5.41) is 4.07. The van der Waals surface area contributed by atoms with Gasteiger partial charge in [-0.2, -0.15) is 0 Å². The van der Waals surface area contributed by atoms with E-state index in [4.69, 9.17) is 0 Å². The number of anilines is 1. The van der Waals surface area contributed by atoms with Gasteiger partial charge >= 0.3 is 0 Å². The van der Waals surface area contributed by atoms with Crippen molar-refractivity contribution in [2.24, 2.45) is 5.92 Å². The normalized spacial score (nSPS) is 13.5. The molecular formula is C18H22N2OS. The van der Waals surface area contributed by atoms with Gasteiger partial charge in [-0.1, -0.05) is 19.9 Å². The molecule has 3 nitrogen and oxygen atoms in total. The maximum Gasteiger partial charge on any atom is 0.267 e. The average Bonchev–Trinajstić information content (AvgIpc) is 3.04. The molecule has 1 heterocycles. The summed E-state index contributed by atoms with van der Waals surface area (Å²) in [5.41, 5.74) is 4.52. The second-order valence-electron chi connectivity index (χ2n) is 6.41. The minimum Gasteiger partial charge on any atom is -0.321 e. The van der Waals surface area contributed by atoms with Crippen LogP contribution in [0.2, 0.25) is 0 Å². The molecule has 116 valence electrons. The van der Waals surface area contributed by atoms with Crippen molar-refractivity contribution < 1.29 is 4.79 Å². The van der Waals surface area contributed by atoms with E-state index in [-0.39, 0.29) is 5.91 Å². The number of carbonyl (C=O) groups is 1. The summed E-state index contributed by atoms with van der Waals surface area (Å²) in [5.74, 6) is 0.515. The number of benzene rings is 1. The molecule has 0 saturated heterocycles. The molecule has 22 heavy (non-hydrogen) atoms. The molecule has 1 aromatic carbocycles. The molecule has 1 aliphatic rings. The first-order valence-corrected chi connectivity index (χ1v) is 8.74. The molecule has 0 bridgehead atoms. The lowest BCUT2D eigenvalue weighted by Crippen LogP contribution is -2.11. The number of carbonyl (C=O) groups excluding carboxylic acids is 1. The van der Waals surface area contributed by atoms with Crippen LogP contribution in [0.25, 0.3) is 0 Å².